The first-order valence-corrected chi connectivity index (χ1v) is 17.8. The van der Waals surface area contributed by atoms with Crippen molar-refractivity contribution in [1.29, 1.82) is 0 Å². The first kappa shape index (κ1) is 41.2. The highest BCUT2D eigenvalue weighted by atomic mass is 19.4. The van der Waals surface area contributed by atoms with Crippen molar-refractivity contribution in [2.24, 2.45) is 5.41 Å². The summed E-state index contributed by atoms with van der Waals surface area (Å²) >= 11 is 0. The summed E-state index contributed by atoms with van der Waals surface area (Å²) in [5, 5.41) is 0. The van der Waals surface area contributed by atoms with Crippen LogP contribution in [0.15, 0.2) is 0 Å². The molecule has 0 N–H and O–H groups in total. The Kier molecular flexibility index (Phi) is 24.1. The fraction of sp³-hybridized carbons (Fsp3) is 0.972. The molecule has 0 aliphatic carbocycles. The zero-order valence-corrected chi connectivity index (χ0v) is 28.6. The van der Waals surface area contributed by atoms with E-state index in [1.165, 1.54) is 89.9 Å². The van der Waals surface area contributed by atoms with Crippen molar-refractivity contribution in [3.63, 3.8) is 0 Å². The molecule has 0 saturated carbocycles. The van der Waals surface area contributed by atoms with Gasteiger partial charge in [0.1, 0.15) is 5.60 Å². The zero-order valence-electron chi connectivity index (χ0n) is 28.6. The van der Waals surface area contributed by atoms with E-state index >= 15 is 0 Å². The third-order valence-electron chi connectivity index (χ3n) is 8.63. The highest BCUT2D eigenvalue weighted by Gasteiger charge is 2.60. The van der Waals surface area contributed by atoms with Gasteiger partial charge in [0.2, 0.25) is 0 Å². The normalized spacial score (nSPS) is 14.6. The van der Waals surface area contributed by atoms with Gasteiger partial charge in [0.05, 0.1) is 6.10 Å². The smallest absolute Gasteiger partial charge is 0.404 e. The molecule has 42 heavy (non-hydrogen) atoms. The third-order valence-corrected chi connectivity index (χ3v) is 8.63. The number of carbonyl (C=O) groups is 1. The molecule has 0 radical (unpaired) electrons. The molecule has 0 heterocycles. The van der Waals surface area contributed by atoms with Crippen molar-refractivity contribution in [2.45, 2.75) is 213 Å². The van der Waals surface area contributed by atoms with Gasteiger partial charge in [-0.2, -0.15) is 13.2 Å². The molecule has 0 bridgehead atoms. The van der Waals surface area contributed by atoms with E-state index in [-0.39, 0.29) is 12.8 Å². The van der Waals surface area contributed by atoms with Crippen LogP contribution in [-0.4, -0.2) is 31.0 Å². The number of alkyl halides is 3. The fourth-order valence-corrected chi connectivity index (χ4v) is 5.88. The number of ether oxygens (including phenoxy) is 2. The molecule has 6 heteroatoms. The van der Waals surface area contributed by atoms with E-state index in [0.717, 1.165) is 38.5 Å². The molecule has 0 saturated heterocycles. The molecule has 0 aromatic rings. The average molecular weight is 607 g/mol. The van der Waals surface area contributed by atoms with Crippen molar-refractivity contribution in [1.82, 2.24) is 0 Å². The van der Waals surface area contributed by atoms with E-state index in [4.69, 9.17) is 9.47 Å². The molecule has 0 aliphatic rings. The molecule has 0 rings (SSSR count). The van der Waals surface area contributed by atoms with Gasteiger partial charge in [-0.15, -0.1) is 0 Å². The summed E-state index contributed by atoms with van der Waals surface area (Å²) in [6.07, 6.45) is 20.6. The van der Waals surface area contributed by atoms with Gasteiger partial charge >= 0.3 is 12.1 Å². The quantitative estimate of drug-likeness (QED) is 0.0656. The number of carbonyl (C=O) groups excluding carboxylic acids is 1. The van der Waals surface area contributed by atoms with Crippen LogP contribution in [0.25, 0.3) is 0 Å². The van der Waals surface area contributed by atoms with Gasteiger partial charge in [-0.1, -0.05) is 149 Å². The van der Waals surface area contributed by atoms with Gasteiger partial charge in [-0.05, 0) is 46.5 Å². The Bertz CT molecular complexity index is 629. The second-order valence-electron chi connectivity index (χ2n) is 13.7. The number of unbranched alkanes of at least 4 members (excludes halogenated alkanes) is 18. The Hall–Kier alpha value is -0.780. The minimum atomic E-state index is -4.60. The lowest BCUT2D eigenvalue weighted by Gasteiger charge is -2.36. The third kappa shape index (κ3) is 20.2. The minimum absolute atomic E-state index is 0.164. The molecule has 0 amide bonds. The van der Waals surface area contributed by atoms with Crippen LogP contribution < -0.4 is 0 Å². The van der Waals surface area contributed by atoms with Crippen LogP contribution in [0.5, 0.6) is 0 Å². The maximum Gasteiger partial charge on any atom is 0.404 e. The van der Waals surface area contributed by atoms with Crippen LogP contribution in [-0.2, 0) is 14.3 Å². The molecule has 0 aromatic carbocycles. The van der Waals surface area contributed by atoms with Gasteiger partial charge in [0, 0.05) is 7.11 Å². The second-order valence-corrected chi connectivity index (χ2v) is 13.7. The largest absolute Gasteiger partial charge is 0.459 e. The van der Waals surface area contributed by atoms with Crippen molar-refractivity contribution in [2.75, 3.05) is 7.11 Å². The molecule has 3 nitrogen and oxygen atoms in total. The average Bonchev–Trinajstić information content (AvgIpc) is 2.91. The maximum atomic E-state index is 14.4. The van der Waals surface area contributed by atoms with Gasteiger partial charge in [0.25, 0.3) is 0 Å². The van der Waals surface area contributed by atoms with Gasteiger partial charge in [-0.3, -0.25) is 4.79 Å². The number of esters is 1. The van der Waals surface area contributed by atoms with Crippen molar-refractivity contribution < 1.29 is 27.4 Å². The molecule has 0 aromatic heterocycles. The summed E-state index contributed by atoms with van der Waals surface area (Å²) in [6.45, 7) is 9.19. The maximum absolute atomic E-state index is 14.4. The number of hydrogen-bond acceptors (Lipinski definition) is 3. The van der Waals surface area contributed by atoms with Crippen LogP contribution in [0.4, 0.5) is 13.2 Å². The molecule has 0 aliphatic heterocycles. The Morgan fingerprint density at radius 2 is 0.905 bits per heavy atom. The SMILES string of the molecule is CCCCCCC(CCCCCCCCCCCCCCCC(CCCCCC)(C(=O)OC(C)(C)C)C(F)(F)F)OC. The lowest BCUT2D eigenvalue weighted by Crippen LogP contribution is -2.48. The number of hydrogen-bond donors (Lipinski definition) is 0. The minimum Gasteiger partial charge on any atom is -0.459 e. The van der Waals surface area contributed by atoms with Crippen LogP contribution >= 0.6 is 0 Å². The van der Waals surface area contributed by atoms with E-state index < -0.39 is 23.2 Å². The number of rotatable bonds is 28. The van der Waals surface area contributed by atoms with E-state index in [1.54, 1.807) is 20.8 Å². The molecule has 252 valence electrons. The van der Waals surface area contributed by atoms with E-state index in [2.05, 4.69) is 6.92 Å². The van der Waals surface area contributed by atoms with E-state index in [1.807, 2.05) is 14.0 Å². The Morgan fingerprint density at radius 3 is 1.24 bits per heavy atom. The summed E-state index contributed by atoms with van der Waals surface area (Å²) in [5.41, 5.74) is -3.31. The highest BCUT2D eigenvalue weighted by molar-refractivity contribution is 5.78. The van der Waals surface area contributed by atoms with Gasteiger partial charge in [0.15, 0.2) is 5.41 Å². The Balaban J connectivity index is 4.13. The van der Waals surface area contributed by atoms with E-state index in [9.17, 15) is 18.0 Å². The summed E-state index contributed by atoms with van der Waals surface area (Å²) in [5.74, 6) is -1.09. The number of methoxy groups -OCH3 is 1. The van der Waals surface area contributed by atoms with Gasteiger partial charge in [-0.25, -0.2) is 0 Å². The Labute approximate surface area is 258 Å². The summed E-state index contributed by atoms with van der Waals surface area (Å²) < 4.78 is 54.1. The predicted molar refractivity (Wildman–Crippen MR) is 172 cm³/mol. The second kappa shape index (κ2) is 24.5. The zero-order chi connectivity index (χ0) is 31.7. The topological polar surface area (TPSA) is 35.5 Å². The lowest BCUT2D eigenvalue weighted by atomic mass is 9.76. The Morgan fingerprint density at radius 1 is 0.571 bits per heavy atom. The summed E-state index contributed by atoms with van der Waals surface area (Å²) in [6, 6.07) is 0. The number of halogens is 3. The lowest BCUT2D eigenvalue weighted by molar-refractivity contribution is -0.244. The van der Waals surface area contributed by atoms with Crippen LogP contribution in [0.3, 0.4) is 0 Å². The first-order chi connectivity index (χ1) is 19.9. The van der Waals surface area contributed by atoms with Crippen LogP contribution in [0, 0.1) is 5.41 Å². The standard InChI is InChI=1S/C36H69F3O3/c1-7-9-11-24-28-32(41-6)29-25-22-20-18-16-14-13-15-17-19-21-23-27-31-35(36(37,38)39,30-26-12-10-8-2)33(40)42-34(3,4)5/h32H,7-31H2,1-6H3. The molecule has 0 fully saturated rings. The van der Waals surface area contributed by atoms with Gasteiger partial charge < -0.3 is 9.47 Å². The highest BCUT2D eigenvalue weighted by Crippen LogP contribution is 2.48. The van der Waals surface area contributed by atoms with Crippen LogP contribution in [0.2, 0.25) is 0 Å². The molecule has 0 spiro atoms. The molecule has 2 atom stereocenters. The summed E-state index contributed by atoms with van der Waals surface area (Å²) in [4.78, 5) is 12.9. The van der Waals surface area contributed by atoms with Crippen LogP contribution in [0.1, 0.15) is 195 Å². The fourth-order valence-electron chi connectivity index (χ4n) is 5.88. The molecular weight excluding hydrogens is 537 g/mol. The van der Waals surface area contributed by atoms with Crippen molar-refractivity contribution in [3.05, 3.63) is 0 Å². The van der Waals surface area contributed by atoms with Crippen molar-refractivity contribution >= 4 is 5.97 Å². The molecular formula is C36H69F3O3. The van der Waals surface area contributed by atoms with Crippen molar-refractivity contribution in [3.8, 4) is 0 Å². The molecule has 2 unspecified atom stereocenters. The predicted octanol–water partition coefficient (Wildman–Crippen LogP) is 12.7. The van der Waals surface area contributed by atoms with E-state index in [0.29, 0.717) is 25.4 Å². The monoisotopic (exact) mass is 607 g/mol. The summed E-state index contributed by atoms with van der Waals surface area (Å²) in [7, 11) is 1.85. The first-order valence-electron chi connectivity index (χ1n) is 17.8.